The topological polar surface area (TPSA) is 32.3 Å². The van der Waals surface area contributed by atoms with Crippen molar-refractivity contribution in [3.8, 4) is 0 Å². The highest BCUT2D eigenvalue weighted by Crippen LogP contribution is 2.32. The molecular formula is C11H14Cl2FNO. The molecule has 2 nitrogen and oxygen atoms in total. The molecule has 0 aliphatic heterocycles. The van der Waals surface area contributed by atoms with Crippen LogP contribution in [0.3, 0.4) is 0 Å². The fraction of sp³-hybridized carbons (Fsp3) is 0.455. The monoisotopic (exact) mass is 265 g/mol. The molecule has 0 aromatic heterocycles. The SMILES string of the molecule is CC(NC[C@H](C)O)c1c(Cl)ccc(F)c1Cl. The Labute approximate surface area is 104 Å². The summed E-state index contributed by atoms with van der Waals surface area (Å²) in [6.45, 7) is 3.87. The van der Waals surface area contributed by atoms with Crippen molar-refractivity contribution in [2.75, 3.05) is 6.54 Å². The molecule has 0 radical (unpaired) electrons. The maximum atomic E-state index is 13.3. The Bertz CT molecular complexity index is 371. The van der Waals surface area contributed by atoms with Crippen LogP contribution in [0.5, 0.6) is 0 Å². The summed E-state index contributed by atoms with van der Waals surface area (Å²) in [4.78, 5) is 0. The van der Waals surface area contributed by atoms with Gasteiger partial charge in [-0.25, -0.2) is 4.39 Å². The van der Waals surface area contributed by atoms with Crippen LogP contribution in [0, 0.1) is 5.82 Å². The molecule has 16 heavy (non-hydrogen) atoms. The zero-order valence-corrected chi connectivity index (χ0v) is 10.6. The standard InChI is InChI=1S/C11H14Cl2FNO/c1-6(16)5-15-7(2)10-8(12)3-4-9(14)11(10)13/h3-4,6-7,15-16H,5H2,1-2H3/t6-,7?/m0/s1. The van der Waals surface area contributed by atoms with E-state index < -0.39 is 11.9 Å². The summed E-state index contributed by atoms with van der Waals surface area (Å²) in [5.74, 6) is -0.494. The summed E-state index contributed by atoms with van der Waals surface area (Å²) in [5.41, 5.74) is 0.518. The molecule has 0 saturated heterocycles. The average molecular weight is 266 g/mol. The average Bonchev–Trinajstić information content (AvgIpc) is 2.21. The Balaban J connectivity index is 2.90. The molecule has 1 aromatic carbocycles. The lowest BCUT2D eigenvalue weighted by Gasteiger charge is -2.18. The molecule has 1 unspecified atom stereocenters. The Morgan fingerprint density at radius 2 is 2.00 bits per heavy atom. The van der Waals surface area contributed by atoms with Gasteiger partial charge < -0.3 is 10.4 Å². The van der Waals surface area contributed by atoms with Gasteiger partial charge in [0.15, 0.2) is 0 Å². The lowest BCUT2D eigenvalue weighted by atomic mass is 10.1. The van der Waals surface area contributed by atoms with Crippen LogP contribution in [-0.2, 0) is 0 Å². The van der Waals surface area contributed by atoms with Gasteiger partial charge in [-0.2, -0.15) is 0 Å². The summed E-state index contributed by atoms with van der Waals surface area (Å²) < 4.78 is 13.3. The number of aliphatic hydroxyl groups is 1. The highest BCUT2D eigenvalue weighted by Gasteiger charge is 2.16. The summed E-state index contributed by atoms with van der Waals surface area (Å²) >= 11 is 11.8. The van der Waals surface area contributed by atoms with Crippen LogP contribution in [0.15, 0.2) is 12.1 Å². The first kappa shape index (κ1) is 13.7. The van der Waals surface area contributed by atoms with Crippen LogP contribution < -0.4 is 5.32 Å². The number of hydrogen-bond acceptors (Lipinski definition) is 2. The van der Waals surface area contributed by atoms with E-state index in [1.165, 1.54) is 12.1 Å². The first-order valence-corrected chi connectivity index (χ1v) is 5.74. The van der Waals surface area contributed by atoms with Gasteiger partial charge in [-0.15, -0.1) is 0 Å². The van der Waals surface area contributed by atoms with E-state index >= 15 is 0 Å². The van der Waals surface area contributed by atoms with Gasteiger partial charge >= 0.3 is 0 Å². The van der Waals surface area contributed by atoms with Crippen LogP contribution in [-0.4, -0.2) is 17.8 Å². The summed E-state index contributed by atoms with van der Waals surface area (Å²) in [6.07, 6.45) is -0.478. The fourth-order valence-corrected chi connectivity index (χ4v) is 2.09. The molecule has 1 aromatic rings. The van der Waals surface area contributed by atoms with E-state index in [0.29, 0.717) is 17.1 Å². The lowest BCUT2D eigenvalue weighted by Crippen LogP contribution is -2.27. The van der Waals surface area contributed by atoms with Crippen LogP contribution in [0.25, 0.3) is 0 Å². The third kappa shape index (κ3) is 3.32. The molecule has 0 bridgehead atoms. The second kappa shape index (κ2) is 5.82. The van der Waals surface area contributed by atoms with Crippen LogP contribution in [0.1, 0.15) is 25.5 Å². The maximum Gasteiger partial charge on any atom is 0.142 e. The van der Waals surface area contributed by atoms with Gasteiger partial charge in [0, 0.05) is 23.2 Å². The Kier molecular flexibility index (Phi) is 4.99. The first-order valence-electron chi connectivity index (χ1n) is 4.98. The van der Waals surface area contributed by atoms with E-state index in [4.69, 9.17) is 28.3 Å². The normalized spacial score (nSPS) is 14.9. The van der Waals surface area contributed by atoms with Crippen molar-refractivity contribution in [2.45, 2.75) is 26.0 Å². The van der Waals surface area contributed by atoms with E-state index in [1.54, 1.807) is 6.92 Å². The van der Waals surface area contributed by atoms with E-state index in [2.05, 4.69) is 5.32 Å². The van der Waals surface area contributed by atoms with Gasteiger partial charge in [0.05, 0.1) is 11.1 Å². The predicted molar refractivity (Wildman–Crippen MR) is 64.5 cm³/mol. The molecule has 0 heterocycles. The molecule has 90 valence electrons. The van der Waals surface area contributed by atoms with Gasteiger partial charge in [0.2, 0.25) is 0 Å². The highest BCUT2D eigenvalue weighted by atomic mass is 35.5. The number of benzene rings is 1. The minimum Gasteiger partial charge on any atom is -0.392 e. The Hall–Kier alpha value is -0.350. The molecule has 5 heteroatoms. The van der Waals surface area contributed by atoms with Gasteiger partial charge in [-0.3, -0.25) is 0 Å². The smallest absolute Gasteiger partial charge is 0.142 e. The summed E-state index contributed by atoms with van der Waals surface area (Å²) in [6, 6.07) is 2.49. The molecule has 2 atom stereocenters. The highest BCUT2D eigenvalue weighted by molar-refractivity contribution is 6.36. The second-order valence-electron chi connectivity index (χ2n) is 3.74. The van der Waals surface area contributed by atoms with Crippen LogP contribution in [0.2, 0.25) is 10.0 Å². The number of halogens is 3. The largest absolute Gasteiger partial charge is 0.392 e. The second-order valence-corrected chi connectivity index (χ2v) is 4.52. The molecule has 0 spiro atoms. The van der Waals surface area contributed by atoms with Gasteiger partial charge in [-0.05, 0) is 26.0 Å². The number of rotatable bonds is 4. The molecule has 1 rings (SSSR count). The predicted octanol–water partition coefficient (Wildman–Crippen LogP) is 3.16. The maximum absolute atomic E-state index is 13.3. The molecule has 0 amide bonds. The summed E-state index contributed by atoms with van der Waals surface area (Å²) in [5, 5.41) is 12.6. The number of aliphatic hydroxyl groups excluding tert-OH is 1. The zero-order valence-electron chi connectivity index (χ0n) is 9.10. The van der Waals surface area contributed by atoms with E-state index in [1.807, 2.05) is 6.92 Å². The van der Waals surface area contributed by atoms with Gasteiger partial charge in [0.25, 0.3) is 0 Å². The third-order valence-corrected chi connectivity index (χ3v) is 2.95. The number of hydrogen-bond donors (Lipinski definition) is 2. The van der Waals surface area contributed by atoms with Crippen molar-refractivity contribution in [1.29, 1.82) is 0 Å². The molecule has 0 aliphatic carbocycles. The van der Waals surface area contributed by atoms with Crippen molar-refractivity contribution < 1.29 is 9.50 Å². The minimum absolute atomic E-state index is 0.0260. The Morgan fingerprint density at radius 3 is 2.56 bits per heavy atom. The quantitative estimate of drug-likeness (QED) is 0.820. The minimum atomic E-state index is -0.494. The number of nitrogens with one attached hydrogen (secondary N) is 1. The van der Waals surface area contributed by atoms with Gasteiger partial charge in [0.1, 0.15) is 5.82 Å². The molecular weight excluding hydrogens is 252 g/mol. The zero-order chi connectivity index (χ0) is 12.3. The third-order valence-electron chi connectivity index (χ3n) is 2.23. The molecule has 0 saturated carbocycles. The van der Waals surface area contributed by atoms with Crippen LogP contribution in [0.4, 0.5) is 4.39 Å². The Morgan fingerprint density at radius 1 is 1.38 bits per heavy atom. The van der Waals surface area contributed by atoms with E-state index in [9.17, 15) is 4.39 Å². The van der Waals surface area contributed by atoms with E-state index in [0.717, 1.165) is 0 Å². The van der Waals surface area contributed by atoms with Crippen molar-refractivity contribution in [2.24, 2.45) is 0 Å². The molecule has 2 N–H and O–H groups in total. The first-order chi connectivity index (χ1) is 7.43. The van der Waals surface area contributed by atoms with E-state index in [-0.39, 0.29) is 11.1 Å². The lowest BCUT2D eigenvalue weighted by molar-refractivity contribution is 0.187. The fourth-order valence-electron chi connectivity index (χ4n) is 1.39. The summed E-state index contributed by atoms with van der Waals surface area (Å²) in [7, 11) is 0. The molecule has 0 fully saturated rings. The van der Waals surface area contributed by atoms with Crippen LogP contribution >= 0.6 is 23.2 Å². The van der Waals surface area contributed by atoms with Gasteiger partial charge in [-0.1, -0.05) is 23.2 Å². The van der Waals surface area contributed by atoms with Crippen molar-refractivity contribution >= 4 is 23.2 Å². The van der Waals surface area contributed by atoms with Crippen molar-refractivity contribution in [3.05, 3.63) is 33.6 Å². The van der Waals surface area contributed by atoms with Crippen molar-refractivity contribution in [1.82, 2.24) is 5.32 Å². The molecule has 0 aliphatic rings. The van der Waals surface area contributed by atoms with Crippen molar-refractivity contribution in [3.63, 3.8) is 0 Å².